The molecule has 0 fully saturated rings. The highest BCUT2D eigenvalue weighted by atomic mass is 19.2. The van der Waals surface area contributed by atoms with Gasteiger partial charge in [0.2, 0.25) is 17.8 Å². The predicted molar refractivity (Wildman–Crippen MR) is 191 cm³/mol. The summed E-state index contributed by atoms with van der Waals surface area (Å²) in [5.74, 6) is -71.4. The number of fused-ring (bicyclic) bond motifs is 1. The second kappa shape index (κ2) is 18.0. The van der Waals surface area contributed by atoms with E-state index in [9.17, 15) is 67.6 Å². The molecule has 0 saturated carbocycles. The number of nitro groups is 1. The van der Waals surface area contributed by atoms with Crippen molar-refractivity contribution in [1.82, 2.24) is 0 Å². The Balaban J connectivity index is 0.000000279. The van der Waals surface area contributed by atoms with Crippen molar-refractivity contribution in [3.8, 4) is 0 Å². The van der Waals surface area contributed by atoms with Gasteiger partial charge in [-0.15, -0.1) is 21.9 Å². The van der Waals surface area contributed by atoms with E-state index in [2.05, 4.69) is 0 Å². The minimum Gasteiger partial charge on any atom is -0.287 e. The smallest absolute Gasteiger partial charge is 0.270 e. The first-order valence-electron chi connectivity index (χ1n) is 17.7. The molecule has 0 saturated heterocycles. The van der Waals surface area contributed by atoms with Crippen molar-refractivity contribution in [2.45, 2.75) is 6.54 Å². The molecule has 0 N–H and O–H groups in total. The molecule has 1 aromatic heterocycles. The summed E-state index contributed by atoms with van der Waals surface area (Å²) in [5, 5.41) is 11.6. The van der Waals surface area contributed by atoms with E-state index in [1.807, 2.05) is 18.2 Å². The predicted octanol–water partition coefficient (Wildman–Crippen LogP) is 8.76. The van der Waals surface area contributed by atoms with E-state index < -0.39 is 149 Å². The first-order valence-corrected chi connectivity index (χ1v) is 17.7. The van der Waals surface area contributed by atoms with Gasteiger partial charge >= 0.3 is 0 Å². The molecule has 0 unspecified atom stereocenters. The maximum absolute atomic E-state index is 15.4. The summed E-state index contributed by atoms with van der Waals surface area (Å²) in [7, 11) is 0. The molecule has 0 aliphatic heterocycles. The summed E-state index contributed by atoms with van der Waals surface area (Å²) in [5.41, 5.74) is -12.9. The zero-order valence-electron chi connectivity index (χ0n) is 31.8. The lowest BCUT2D eigenvalue weighted by atomic mass is 9.12. The average molecular weight is 972 g/mol. The molecule has 0 aliphatic carbocycles. The zero-order chi connectivity index (χ0) is 49.9. The van der Waals surface area contributed by atoms with E-state index in [0.29, 0.717) is 5.56 Å². The average Bonchev–Trinajstić information content (AvgIpc) is 3.31. The Morgan fingerprint density at radius 3 is 1.06 bits per heavy atom. The van der Waals surface area contributed by atoms with Crippen LogP contribution in [0.2, 0.25) is 0 Å². The van der Waals surface area contributed by atoms with Gasteiger partial charge in [0.25, 0.3) is 5.69 Å². The van der Waals surface area contributed by atoms with Crippen molar-refractivity contribution in [3.05, 3.63) is 199 Å². The number of carbonyl (C=O) groups excluding carboxylic acids is 1. The number of aromatic nitrogens is 1. The number of rotatable bonds is 8. The van der Waals surface area contributed by atoms with Crippen LogP contribution in [0, 0.1) is 126 Å². The van der Waals surface area contributed by atoms with Crippen LogP contribution in [0.5, 0.6) is 0 Å². The van der Waals surface area contributed by atoms with Crippen LogP contribution in [-0.2, 0) is 6.54 Å². The van der Waals surface area contributed by atoms with Crippen LogP contribution in [0.25, 0.3) is 10.9 Å². The van der Waals surface area contributed by atoms with Crippen LogP contribution < -0.4 is 26.4 Å². The van der Waals surface area contributed by atoms with Gasteiger partial charge in [0.05, 0.1) is 10.3 Å². The molecule has 1 heterocycles. The van der Waals surface area contributed by atoms with Crippen LogP contribution >= 0.6 is 0 Å². The van der Waals surface area contributed by atoms with Crippen molar-refractivity contribution in [2.75, 3.05) is 0 Å². The fourth-order valence-corrected chi connectivity index (χ4v) is 7.26. The number of benzene rings is 6. The second-order valence-corrected chi connectivity index (χ2v) is 13.7. The molecule has 5 nitrogen and oxygen atoms in total. The van der Waals surface area contributed by atoms with Gasteiger partial charge in [-0.2, -0.15) is 4.57 Å². The molecule has 0 aliphatic rings. The molecule has 6 aromatic carbocycles. The number of Topliss-reactive ketones (excluding diaryl/α,β-unsaturated/α-hetero) is 1. The number of hydrogen-bond acceptors (Lipinski definition) is 3. The lowest BCUT2D eigenvalue weighted by Gasteiger charge is -2.44. The standard InChI is InChI=1S/C24BF20.C17H13N2O3/c26-5-1(6(27)14(35)21(42)13(5)34)25(2-7(28)15(36)22(43)16(37)8(2)29,3-9(30)17(38)23(44)18(39)10(3)31)4-11(32)19(40)24(45)20(41)12(4)33;20-17(13-5-2-1-3-6-13)12-18-10-4-7-14-11-15(19(21)22)8-9-16(14)18/h;1-11H,12H2/q-1;+1. The quantitative estimate of drug-likeness (QED) is 0.0224. The lowest BCUT2D eigenvalue weighted by Crippen LogP contribution is -2.81. The topological polar surface area (TPSA) is 64.1 Å². The summed E-state index contributed by atoms with van der Waals surface area (Å²) in [4.78, 5) is 22.7. The molecular weight excluding hydrogens is 959 g/mol. The van der Waals surface area contributed by atoms with Crippen molar-refractivity contribution in [3.63, 3.8) is 0 Å². The fraction of sp³-hybridized carbons (Fsp3) is 0.0244. The van der Waals surface area contributed by atoms with Gasteiger partial charge in [-0.05, 0) is 6.07 Å². The molecular formula is C41H13BF20N2O3. The molecule has 7 rings (SSSR count). The first kappa shape index (κ1) is 48.9. The summed E-state index contributed by atoms with van der Waals surface area (Å²) < 4.78 is 296. The molecule has 7 aromatic rings. The number of hydrogen-bond donors (Lipinski definition) is 0. The summed E-state index contributed by atoms with van der Waals surface area (Å²) in [6.45, 7) is 0.194. The van der Waals surface area contributed by atoms with E-state index in [0.717, 1.165) is 10.9 Å². The highest BCUT2D eigenvalue weighted by molar-refractivity contribution is 7.20. The number of nitro benzene ring substituents is 1. The Morgan fingerprint density at radius 2 is 0.746 bits per heavy atom. The van der Waals surface area contributed by atoms with E-state index in [-0.39, 0.29) is 18.0 Å². The Bertz CT molecular complexity index is 2850. The van der Waals surface area contributed by atoms with Crippen molar-refractivity contribution >= 4 is 50.4 Å². The minimum absolute atomic E-state index is 0.00328. The van der Waals surface area contributed by atoms with Crippen LogP contribution in [0.4, 0.5) is 93.5 Å². The van der Waals surface area contributed by atoms with Gasteiger partial charge in [0.1, 0.15) is 52.7 Å². The molecule has 0 bridgehead atoms. The summed E-state index contributed by atoms with van der Waals surface area (Å²) in [6.07, 6.45) is -5.42. The molecule has 67 heavy (non-hydrogen) atoms. The van der Waals surface area contributed by atoms with Gasteiger partial charge < -0.3 is 0 Å². The lowest BCUT2D eigenvalue weighted by molar-refractivity contribution is -0.657. The maximum Gasteiger partial charge on any atom is 0.270 e. The third-order valence-corrected chi connectivity index (χ3v) is 10.2. The molecule has 0 amide bonds. The number of carbonyl (C=O) groups is 1. The minimum atomic E-state index is -7.22. The highest BCUT2D eigenvalue weighted by Gasteiger charge is 2.52. The van der Waals surface area contributed by atoms with Gasteiger partial charge in [0.15, 0.2) is 76.0 Å². The SMILES string of the molecule is Fc1c(F)c(F)c([B-](c2c(F)c(F)c(F)c(F)c2F)(c2c(F)c(F)c(F)c(F)c2F)c2c(F)c(F)c(F)c(F)c2F)c(F)c1F.O=C(C[n+]1cccc2cc([N+](=O)[O-])ccc21)c1ccccc1. The third kappa shape index (κ3) is 7.71. The fourth-order valence-electron chi connectivity index (χ4n) is 7.26. The summed E-state index contributed by atoms with van der Waals surface area (Å²) >= 11 is 0. The molecule has 26 heteroatoms. The second-order valence-electron chi connectivity index (χ2n) is 13.7. The van der Waals surface area contributed by atoms with Crippen molar-refractivity contribution in [2.24, 2.45) is 0 Å². The Kier molecular flexibility index (Phi) is 13.2. The molecule has 0 radical (unpaired) electrons. The third-order valence-electron chi connectivity index (χ3n) is 10.2. The molecule has 0 atom stereocenters. The number of nitrogens with zero attached hydrogens (tertiary/aromatic N) is 2. The van der Waals surface area contributed by atoms with Gasteiger partial charge in [0, 0.05) is 29.8 Å². The largest absolute Gasteiger partial charge is 0.287 e. The van der Waals surface area contributed by atoms with Crippen molar-refractivity contribution < 1.29 is 102 Å². The number of non-ortho nitro benzene ring substituents is 1. The zero-order valence-corrected chi connectivity index (χ0v) is 31.8. The van der Waals surface area contributed by atoms with E-state index >= 15 is 35.1 Å². The van der Waals surface area contributed by atoms with Gasteiger partial charge in [-0.1, -0.05) is 30.3 Å². The van der Waals surface area contributed by atoms with Crippen LogP contribution in [0.3, 0.4) is 0 Å². The van der Waals surface area contributed by atoms with Gasteiger partial charge in [-0.3, -0.25) is 14.9 Å². The number of ketones is 1. The van der Waals surface area contributed by atoms with Gasteiger partial charge in [-0.25, -0.2) is 87.8 Å². The number of halogens is 20. The normalized spacial score (nSPS) is 11.5. The number of pyridine rings is 1. The van der Waals surface area contributed by atoms with Crippen LogP contribution in [0.1, 0.15) is 10.4 Å². The molecule has 0 spiro atoms. The Labute approximate surface area is 357 Å². The van der Waals surface area contributed by atoms with E-state index in [4.69, 9.17) is 0 Å². The Morgan fingerprint density at radius 1 is 0.433 bits per heavy atom. The van der Waals surface area contributed by atoms with E-state index in [1.54, 1.807) is 41.1 Å². The summed E-state index contributed by atoms with van der Waals surface area (Å²) in [6, 6.07) is 17.3. The van der Waals surface area contributed by atoms with E-state index in [1.165, 1.54) is 12.1 Å². The van der Waals surface area contributed by atoms with Crippen LogP contribution in [-0.4, -0.2) is 16.9 Å². The first-order chi connectivity index (χ1) is 31.3. The maximum atomic E-state index is 15.4. The monoisotopic (exact) mass is 972 g/mol. The van der Waals surface area contributed by atoms with Crippen LogP contribution in [0.15, 0.2) is 66.9 Å². The Hall–Kier alpha value is -7.54. The van der Waals surface area contributed by atoms with Crippen molar-refractivity contribution in [1.29, 1.82) is 0 Å². The molecule has 348 valence electrons. The highest BCUT2D eigenvalue weighted by Crippen LogP contribution is 2.31.